The Morgan fingerprint density at radius 2 is 1.96 bits per heavy atom. The molecule has 1 aromatic carbocycles. The number of ether oxygens (including phenoxy) is 3. The van der Waals surface area contributed by atoms with Crippen LogP contribution in [0.1, 0.15) is 0 Å². The number of nitro benzene ring substituents is 1. The number of benzene rings is 1. The first-order chi connectivity index (χ1) is 12.4. The Labute approximate surface area is 148 Å². The number of hydrogen-bond acceptors (Lipinski definition) is 9. The molecule has 1 aromatic rings. The Balaban J connectivity index is 2.17. The molecule has 144 valence electrons. The number of aliphatic hydroxyl groups is 3. The Kier molecular flexibility index (Phi) is 6.83. The smallest absolute Gasteiger partial charge is 0.269 e. The number of hydrogen-bond donors (Lipinski definition) is 4. The molecule has 1 aliphatic heterocycles. The molecule has 0 aromatic heterocycles. The van der Waals surface area contributed by atoms with E-state index in [1.165, 1.54) is 31.3 Å². The van der Waals surface area contributed by atoms with Crippen molar-refractivity contribution in [2.45, 2.75) is 30.7 Å². The van der Waals surface area contributed by atoms with Gasteiger partial charge >= 0.3 is 0 Å². The lowest BCUT2D eigenvalue weighted by Gasteiger charge is -2.41. The zero-order valence-electron chi connectivity index (χ0n) is 13.8. The highest BCUT2D eigenvalue weighted by Crippen LogP contribution is 2.27. The van der Waals surface area contributed by atoms with Gasteiger partial charge in [-0.15, -0.1) is 0 Å². The van der Waals surface area contributed by atoms with Crippen LogP contribution in [0, 0.1) is 10.1 Å². The predicted molar refractivity (Wildman–Crippen MR) is 85.3 cm³/mol. The van der Waals surface area contributed by atoms with Crippen molar-refractivity contribution in [1.82, 2.24) is 5.32 Å². The number of carbonyl (C=O) groups excluding carboxylic acids is 1. The molecule has 11 nitrogen and oxygen atoms in total. The van der Waals surface area contributed by atoms with Crippen molar-refractivity contribution in [3.8, 4) is 5.75 Å². The zero-order valence-corrected chi connectivity index (χ0v) is 13.8. The zero-order chi connectivity index (χ0) is 19.3. The van der Waals surface area contributed by atoms with Crippen molar-refractivity contribution in [2.75, 3.05) is 20.3 Å². The average Bonchev–Trinajstić information content (AvgIpc) is 2.64. The first-order valence-corrected chi connectivity index (χ1v) is 7.73. The monoisotopic (exact) mass is 372 g/mol. The van der Waals surface area contributed by atoms with Crippen LogP contribution in [0.25, 0.3) is 0 Å². The quantitative estimate of drug-likeness (QED) is 0.331. The number of nitro groups is 1. The summed E-state index contributed by atoms with van der Waals surface area (Å²) in [6, 6.07) is 5.04. The fourth-order valence-corrected chi connectivity index (χ4v) is 2.42. The number of rotatable bonds is 7. The van der Waals surface area contributed by atoms with E-state index < -0.39 is 54.8 Å². The molecule has 1 heterocycles. The normalized spacial score (nSPS) is 28.4. The third-order valence-corrected chi connectivity index (χ3v) is 3.82. The number of aliphatic hydroxyl groups excluding tert-OH is 3. The van der Waals surface area contributed by atoms with E-state index >= 15 is 0 Å². The van der Waals surface area contributed by atoms with Crippen LogP contribution in [0.4, 0.5) is 5.69 Å². The maximum atomic E-state index is 11.4. The van der Waals surface area contributed by atoms with Crippen molar-refractivity contribution >= 4 is 11.6 Å². The van der Waals surface area contributed by atoms with Gasteiger partial charge < -0.3 is 34.8 Å². The van der Waals surface area contributed by atoms with Crippen molar-refractivity contribution in [3.63, 3.8) is 0 Å². The van der Waals surface area contributed by atoms with Crippen molar-refractivity contribution in [3.05, 3.63) is 34.4 Å². The van der Waals surface area contributed by atoms with Crippen LogP contribution in [0.2, 0.25) is 0 Å². The van der Waals surface area contributed by atoms with Crippen molar-refractivity contribution < 1.29 is 39.2 Å². The van der Waals surface area contributed by atoms with E-state index in [4.69, 9.17) is 14.2 Å². The largest absolute Gasteiger partial charge is 0.482 e. The van der Waals surface area contributed by atoms with Gasteiger partial charge in [0.15, 0.2) is 12.4 Å². The molecule has 5 atom stereocenters. The highest BCUT2D eigenvalue weighted by atomic mass is 16.7. The van der Waals surface area contributed by atoms with E-state index in [1.807, 2.05) is 0 Å². The van der Waals surface area contributed by atoms with E-state index in [9.17, 15) is 30.2 Å². The molecule has 1 fully saturated rings. The Morgan fingerprint density at radius 1 is 1.31 bits per heavy atom. The van der Waals surface area contributed by atoms with Gasteiger partial charge in [0.25, 0.3) is 5.69 Å². The number of nitrogens with zero attached hydrogens (tertiary/aromatic N) is 1. The van der Waals surface area contributed by atoms with Gasteiger partial charge in [0.05, 0.1) is 11.5 Å². The Hall–Kier alpha value is -2.31. The van der Waals surface area contributed by atoms with E-state index in [-0.39, 0.29) is 11.4 Å². The van der Waals surface area contributed by atoms with E-state index in [0.29, 0.717) is 0 Å². The van der Waals surface area contributed by atoms with Gasteiger partial charge in [-0.2, -0.15) is 0 Å². The highest BCUT2D eigenvalue weighted by molar-refractivity contribution is 5.76. The summed E-state index contributed by atoms with van der Waals surface area (Å²) >= 11 is 0. The molecular weight excluding hydrogens is 352 g/mol. The summed E-state index contributed by atoms with van der Waals surface area (Å²) in [6.07, 6.45) is -6.50. The molecule has 0 radical (unpaired) electrons. The highest BCUT2D eigenvalue weighted by Gasteiger charge is 2.47. The first-order valence-electron chi connectivity index (χ1n) is 7.73. The maximum Gasteiger partial charge on any atom is 0.269 e. The number of amides is 1. The van der Waals surface area contributed by atoms with Crippen LogP contribution >= 0.6 is 0 Å². The molecule has 0 bridgehead atoms. The third kappa shape index (κ3) is 4.65. The summed E-state index contributed by atoms with van der Waals surface area (Å²) in [6.45, 7) is -0.995. The molecule has 0 aliphatic carbocycles. The average molecular weight is 372 g/mol. The number of non-ortho nitro benzene ring substituents is 1. The lowest BCUT2D eigenvalue weighted by atomic mass is 9.98. The number of likely N-dealkylation sites (N-methyl/N-ethyl adjacent to an activating group) is 1. The lowest BCUT2D eigenvalue weighted by molar-refractivity contribution is -0.384. The van der Waals surface area contributed by atoms with Crippen LogP contribution < -0.4 is 10.1 Å². The minimum atomic E-state index is -1.57. The summed E-state index contributed by atoms with van der Waals surface area (Å²) in [5, 5.41) is 42.7. The SMILES string of the molecule is CNC(=O)CO[C@H]1[C@@H](O)[C@@H](CO)O[C@@H](O)[C@@H]1Oc1ccc([N+](=O)[O-])cc1. The molecule has 26 heavy (non-hydrogen) atoms. The van der Waals surface area contributed by atoms with Gasteiger partial charge in [-0.3, -0.25) is 14.9 Å². The Bertz CT molecular complexity index is 624. The molecule has 0 saturated carbocycles. The molecule has 2 rings (SSSR count). The summed E-state index contributed by atoms with van der Waals surface area (Å²) < 4.78 is 16.0. The summed E-state index contributed by atoms with van der Waals surface area (Å²) in [5.74, 6) is -0.306. The molecule has 11 heteroatoms. The van der Waals surface area contributed by atoms with Gasteiger partial charge in [-0.1, -0.05) is 0 Å². The van der Waals surface area contributed by atoms with Gasteiger partial charge in [-0.05, 0) is 12.1 Å². The molecule has 1 saturated heterocycles. The summed E-state index contributed by atoms with van der Waals surface area (Å²) in [5.41, 5.74) is -0.148. The minimum absolute atomic E-state index is 0.148. The fraction of sp³-hybridized carbons (Fsp3) is 0.533. The van der Waals surface area contributed by atoms with E-state index in [2.05, 4.69) is 5.32 Å². The molecular formula is C15H20N2O9. The summed E-state index contributed by atoms with van der Waals surface area (Å²) in [7, 11) is 1.41. The second kappa shape index (κ2) is 8.87. The standard InChI is InChI=1S/C15H20N2O9/c1-16-11(19)7-24-13-12(20)10(6-18)26-15(21)14(13)25-9-4-2-8(3-5-9)17(22)23/h2-5,10,12-15,18,20-21H,6-7H2,1H3,(H,16,19)/t10-,12+,13+,14-,15-/m1/s1. The first kappa shape index (κ1) is 20.0. The topological polar surface area (TPSA) is 161 Å². The van der Waals surface area contributed by atoms with E-state index in [0.717, 1.165) is 0 Å². The molecule has 1 amide bonds. The molecule has 1 aliphatic rings. The lowest BCUT2D eigenvalue weighted by Crippen LogP contribution is -2.61. The minimum Gasteiger partial charge on any atom is -0.482 e. The van der Waals surface area contributed by atoms with Crippen LogP contribution in [0.5, 0.6) is 5.75 Å². The number of carbonyl (C=O) groups is 1. The molecule has 0 spiro atoms. The van der Waals surface area contributed by atoms with Crippen LogP contribution in [0.15, 0.2) is 24.3 Å². The second-order valence-electron chi connectivity index (χ2n) is 5.52. The van der Waals surface area contributed by atoms with Crippen LogP contribution in [0.3, 0.4) is 0 Å². The second-order valence-corrected chi connectivity index (χ2v) is 5.52. The van der Waals surface area contributed by atoms with Crippen molar-refractivity contribution in [2.24, 2.45) is 0 Å². The van der Waals surface area contributed by atoms with Gasteiger partial charge in [0.1, 0.15) is 30.7 Å². The van der Waals surface area contributed by atoms with Gasteiger partial charge in [0, 0.05) is 19.2 Å². The summed E-state index contributed by atoms with van der Waals surface area (Å²) in [4.78, 5) is 21.5. The molecule has 0 unspecified atom stereocenters. The van der Waals surface area contributed by atoms with Crippen LogP contribution in [-0.2, 0) is 14.3 Å². The predicted octanol–water partition coefficient (Wildman–Crippen LogP) is -1.46. The maximum absolute atomic E-state index is 11.4. The van der Waals surface area contributed by atoms with Crippen LogP contribution in [-0.4, -0.2) is 77.1 Å². The van der Waals surface area contributed by atoms with Gasteiger partial charge in [-0.25, -0.2) is 0 Å². The third-order valence-electron chi connectivity index (χ3n) is 3.82. The van der Waals surface area contributed by atoms with Gasteiger partial charge in [0.2, 0.25) is 5.91 Å². The fourth-order valence-electron chi connectivity index (χ4n) is 2.42. The Morgan fingerprint density at radius 3 is 2.50 bits per heavy atom. The number of nitrogens with one attached hydrogen (secondary N) is 1. The molecule has 4 N–H and O–H groups in total. The van der Waals surface area contributed by atoms with Crippen molar-refractivity contribution in [1.29, 1.82) is 0 Å². The van der Waals surface area contributed by atoms with E-state index in [1.54, 1.807) is 0 Å².